The normalized spacial score (nSPS) is 10.6. The first-order chi connectivity index (χ1) is 7.69. The van der Waals surface area contributed by atoms with Crippen molar-refractivity contribution < 1.29 is 14.6 Å². The van der Waals surface area contributed by atoms with Gasteiger partial charge in [-0.1, -0.05) is 12.2 Å². The third kappa shape index (κ3) is 3.10. The summed E-state index contributed by atoms with van der Waals surface area (Å²) < 4.78 is 5.04. The fourth-order valence-electron chi connectivity index (χ4n) is 1.31. The number of carboxylic acid groups (broad SMARTS) is 1. The van der Waals surface area contributed by atoms with Gasteiger partial charge in [-0.25, -0.2) is 4.79 Å². The summed E-state index contributed by atoms with van der Waals surface area (Å²) in [5, 5.41) is 8.99. The van der Waals surface area contributed by atoms with Gasteiger partial charge in [0.05, 0.1) is 12.7 Å². The number of carbonyl (C=O) groups is 1. The molecule has 4 heteroatoms. The molecular formula is C12H15NO3. The molecule has 16 heavy (non-hydrogen) atoms. The molecular weight excluding hydrogens is 206 g/mol. The van der Waals surface area contributed by atoms with E-state index in [2.05, 4.69) is 0 Å². The number of rotatable bonds is 5. The van der Waals surface area contributed by atoms with Gasteiger partial charge in [0.2, 0.25) is 0 Å². The maximum atomic E-state index is 11.0. The third-order valence-corrected chi connectivity index (χ3v) is 2.12. The zero-order valence-electron chi connectivity index (χ0n) is 9.14. The minimum Gasteiger partial charge on any atom is -0.497 e. The predicted molar refractivity (Wildman–Crippen MR) is 62.7 cm³/mol. The van der Waals surface area contributed by atoms with Gasteiger partial charge in [-0.15, -0.1) is 0 Å². The second kappa shape index (κ2) is 5.92. The Bertz CT molecular complexity index is 399. The van der Waals surface area contributed by atoms with Crippen LogP contribution in [0.4, 0.5) is 0 Å². The summed E-state index contributed by atoms with van der Waals surface area (Å²) in [4.78, 5) is 11.0. The minimum absolute atomic E-state index is 0.258. The monoisotopic (exact) mass is 221 g/mol. The molecule has 86 valence electrons. The van der Waals surface area contributed by atoms with Gasteiger partial charge in [0, 0.05) is 0 Å². The van der Waals surface area contributed by atoms with Gasteiger partial charge in [0.1, 0.15) is 5.75 Å². The largest absolute Gasteiger partial charge is 0.497 e. The molecule has 0 aliphatic heterocycles. The lowest BCUT2D eigenvalue weighted by molar-refractivity contribution is 0.0696. The smallest absolute Gasteiger partial charge is 0.336 e. The molecule has 0 aromatic heterocycles. The third-order valence-electron chi connectivity index (χ3n) is 2.12. The zero-order chi connectivity index (χ0) is 12.0. The highest BCUT2D eigenvalue weighted by Gasteiger charge is 2.08. The molecule has 1 aromatic carbocycles. The van der Waals surface area contributed by atoms with E-state index in [9.17, 15) is 4.79 Å². The van der Waals surface area contributed by atoms with Crippen LogP contribution in [0.3, 0.4) is 0 Å². The van der Waals surface area contributed by atoms with Crippen LogP contribution in [0.2, 0.25) is 0 Å². The molecule has 1 aromatic rings. The quantitative estimate of drug-likeness (QED) is 0.794. The summed E-state index contributed by atoms with van der Waals surface area (Å²) in [7, 11) is 1.54. The van der Waals surface area contributed by atoms with E-state index in [1.807, 2.05) is 6.08 Å². The molecule has 0 aliphatic rings. The number of hydrogen-bond acceptors (Lipinski definition) is 3. The van der Waals surface area contributed by atoms with Crippen LogP contribution in [-0.2, 0) is 0 Å². The molecule has 0 amide bonds. The number of methoxy groups -OCH3 is 1. The average Bonchev–Trinajstić information content (AvgIpc) is 2.29. The summed E-state index contributed by atoms with van der Waals surface area (Å²) in [6, 6.07) is 4.85. The lowest BCUT2D eigenvalue weighted by Gasteiger charge is -2.04. The first-order valence-electron chi connectivity index (χ1n) is 4.97. The first-order valence-corrected chi connectivity index (χ1v) is 4.97. The van der Waals surface area contributed by atoms with E-state index in [0.717, 1.165) is 6.42 Å². The van der Waals surface area contributed by atoms with Crippen LogP contribution in [0, 0.1) is 0 Å². The van der Waals surface area contributed by atoms with Gasteiger partial charge >= 0.3 is 5.97 Å². The molecule has 1 rings (SSSR count). The molecule has 3 N–H and O–H groups in total. The topological polar surface area (TPSA) is 72.5 Å². The van der Waals surface area contributed by atoms with Crippen LogP contribution in [0.25, 0.3) is 6.08 Å². The van der Waals surface area contributed by atoms with Crippen molar-refractivity contribution in [2.45, 2.75) is 6.42 Å². The van der Waals surface area contributed by atoms with E-state index in [1.54, 1.807) is 25.3 Å². The van der Waals surface area contributed by atoms with E-state index < -0.39 is 5.97 Å². The Kier molecular flexibility index (Phi) is 4.54. The van der Waals surface area contributed by atoms with Crippen molar-refractivity contribution in [3.8, 4) is 5.75 Å². The second-order valence-electron chi connectivity index (χ2n) is 3.24. The minimum atomic E-state index is -0.949. The SMILES string of the molecule is COc1ccc(C(=O)O)c(C=CCCN)c1. The molecule has 0 saturated carbocycles. The van der Waals surface area contributed by atoms with Crippen molar-refractivity contribution in [1.82, 2.24) is 0 Å². The van der Waals surface area contributed by atoms with Gasteiger partial charge in [-0.05, 0) is 36.7 Å². The number of carboxylic acids is 1. The lowest BCUT2D eigenvalue weighted by atomic mass is 10.1. The van der Waals surface area contributed by atoms with E-state index in [4.69, 9.17) is 15.6 Å². The summed E-state index contributed by atoms with van der Waals surface area (Å²) in [5.74, 6) is -0.313. The van der Waals surface area contributed by atoms with E-state index in [0.29, 0.717) is 17.9 Å². The summed E-state index contributed by atoms with van der Waals surface area (Å²) in [5.41, 5.74) is 6.24. The maximum absolute atomic E-state index is 11.0. The number of ether oxygens (including phenoxy) is 1. The van der Waals surface area contributed by atoms with Gasteiger partial charge in [-0.2, -0.15) is 0 Å². The predicted octanol–water partition coefficient (Wildman–Crippen LogP) is 1.76. The highest BCUT2D eigenvalue weighted by molar-refractivity contribution is 5.92. The van der Waals surface area contributed by atoms with Crippen LogP contribution in [-0.4, -0.2) is 24.7 Å². The Hall–Kier alpha value is -1.81. The maximum Gasteiger partial charge on any atom is 0.336 e. The highest BCUT2D eigenvalue weighted by Crippen LogP contribution is 2.19. The van der Waals surface area contributed by atoms with Crippen molar-refractivity contribution in [3.63, 3.8) is 0 Å². The highest BCUT2D eigenvalue weighted by atomic mass is 16.5. The Labute approximate surface area is 94.3 Å². The van der Waals surface area contributed by atoms with E-state index in [1.165, 1.54) is 6.07 Å². The second-order valence-corrected chi connectivity index (χ2v) is 3.24. The zero-order valence-corrected chi connectivity index (χ0v) is 9.14. The van der Waals surface area contributed by atoms with Crippen molar-refractivity contribution in [2.24, 2.45) is 5.73 Å². The van der Waals surface area contributed by atoms with Crippen molar-refractivity contribution in [2.75, 3.05) is 13.7 Å². The number of benzene rings is 1. The first kappa shape index (κ1) is 12.3. The summed E-state index contributed by atoms with van der Waals surface area (Å²) in [6.07, 6.45) is 4.32. The molecule has 0 saturated heterocycles. The Morgan fingerprint density at radius 2 is 2.31 bits per heavy atom. The van der Waals surface area contributed by atoms with Crippen molar-refractivity contribution >= 4 is 12.0 Å². The molecule has 0 spiro atoms. The van der Waals surface area contributed by atoms with E-state index in [-0.39, 0.29) is 5.56 Å². The Balaban J connectivity index is 3.05. The lowest BCUT2D eigenvalue weighted by Crippen LogP contribution is -2.00. The standard InChI is InChI=1S/C12H15NO3/c1-16-10-5-6-11(12(14)15)9(8-10)4-2-3-7-13/h2,4-6,8H,3,7,13H2,1H3,(H,14,15). The Morgan fingerprint density at radius 1 is 1.56 bits per heavy atom. The van der Waals surface area contributed by atoms with Crippen LogP contribution in [0.1, 0.15) is 22.3 Å². The molecule has 0 radical (unpaired) electrons. The van der Waals surface area contributed by atoms with E-state index >= 15 is 0 Å². The fraction of sp³-hybridized carbons (Fsp3) is 0.250. The number of aromatic carboxylic acids is 1. The van der Waals surface area contributed by atoms with Crippen LogP contribution in [0.15, 0.2) is 24.3 Å². The van der Waals surface area contributed by atoms with Crippen LogP contribution < -0.4 is 10.5 Å². The van der Waals surface area contributed by atoms with Crippen LogP contribution in [0.5, 0.6) is 5.75 Å². The molecule has 0 unspecified atom stereocenters. The van der Waals surface area contributed by atoms with Crippen molar-refractivity contribution in [1.29, 1.82) is 0 Å². The number of hydrogen-bond donors (Lipinski definition) is 2. The van der Waals surface area contributed by atoms with Crippen LogP contribution >= 0.6 is 0 Å². The molecule has 0 aliphatic carbocycles. The molecule has 0 heterocycles. The van der Waals surface area contributed by atoms with Crippen molar-refractivity contribution in [3.05, 3.63) is 35.4 Å². The molecule has 0 fully saturated rings. The molecule has 0 atom stereocenters. The van der Waals surface area contributed by atoms with Gasteiger partial charge in [-0.3, -0.25) is 0 Å². The van der Waals surface area contributed by atoms with Gasteiger partial charge in [0.15, 0.2) is 0 Å². The fourth-order valence-corrected chi connectivity index (χ4v) is 1.31. The number of nitrogens with two attached hydrogens (primary N) is 1. The van der Waals surface area contributed by atoms with Gasteiger partial charge in [0.25, 0.3) is 0 Å². The Morgan fingerprint density at radius 3 is 2.88 bits per heavy atom. The molecule has 4 nitrogen and oxygen atoms in total. The summed E-state index contributed by atoms with van der Waals surface area (Å²) in [6.45, 7) is 0.545. The summed E-state index contributed by atoms with van der Waals surface area (Å²) >= 11 is 0. The van der Waals surface area contributed by atoms with Gasteiger partial charge < -0.3 is 15.6 Å². The molecule has 0 bridgehead atoms. The average molecular weight is 221 g/mol.